The second-order valence-corrected chi connectivity index (χ2v) is 3.76. The number of carbonyl (C=O) groups excluding carboxylic acids is 1. The number of amides is 1. The van der Waals surface area contributed by atoms with Gasteiger partial charge in [-0.2, -0.15) is 13.2 Å². The Labute approximate surface area is 98.6 Å². The molecule has 7 heteroatoms. The zero-order valence-electron chi connectivity index (χ0n) is 8.79. The third kappa shape index (κ3) is 4.17. The molecular formula is C9H16ClF3N2O. The molecule has 1 saturated heterocycles. The van der Waals surface area contributed by atoms with E-state index in [1.165, 1.54) is 4.90 Å². The molecule has 1 fully saturated rings. The Morgan fingerprint density at radius 2 is 2.06 bits per heavy atom. The molecule has 1 rings (SSSR count). The molecule has 1 aliphatic rings. The van der Waals surface area contributed by atoms with Crippen molar-refractivity contribution in [2.24, 2.45) is 11.7 Å². The number of nitrogens with zero attached hydrogens (tertiary/aromatic N) is 1. The van der Waals surface area contributed by atoms with Crippen LogP contribution in [0.1, 0.15) is 19.3 Å². The molecule has 2 N–H and O–H groups in total. The Hall–Kier alpha value is -0.490. The molecule has 0 spiro atoms. The third-order valence-electron chi connectivity index (χ3n) is 2.60. The van der Waals surface area contributed by atoms with E-state index in [0.29, 0.717) is 13.0 Å². The molecule has 3 nitrogen and oxygen atoms in total. The molecule has 96 valence electrons. The average molecular weight is 261 g/mol. The Morgan fingerprint density at radius 3 is 2.56 bits per heavy atom. The number of nitrogens with two attached hydrogens (primary N) is 1. The molecule has 0 aliphatic carbocycles. The maximum atomic E-state index is 12.4. The van der Waals surface area contributed by atoms with Gasteiger partial charge in [0.15, 0.2) is 0 Å². The molecule has 1 atom stereocenters. The molecule has 0 aromatic heterocycles. The zero-order chi connectivity index (χ0) is 11.5. The first-order valence-corrected chi connectivity index (χ1v) is 4.99. The Kier molecular flexibility index (Phi) is 6.10. The van der Waals surface area contributed by atoms with Gasteiger partial charge in [0.1, 0.15) is 0 Å². The molecule has 0 aromatic rings. The number of hydrogen-bond acceptors (Lipinski definition) is 2. The van der Waals surface area contributed by atoms with E-state index in [2.05, 4.69) is 0 Å². The van der Waals surface area contributed by atoms with Gasteiger partial charge >= 0.3 is 6.18 Å². The lowest BCUT2D eigenvalue weighted by molar-refractivity contribution is -0.188. The molecule has 0 aromatic carbocycles. The maximum absolute atomic E-state index is 12.4. The standard InChI is InChI=1S/C9H15F3N2O.ClH/c10-9(11,12)7-2-1-5-14(6-7)8(15)3-4-13;/h7H,1-6,13H2;1H. The quantitative estimate of drug-likeness (QED) is 0.819. The van der Waals surface area contributed by atoms with E-state index in [1.807, 2.05) is 0 Å². The predicted molar refractivity (Wildman–Crippen MR) is 56.3 cm³/mol. The monoisotopic (exact) mass is 260 g/mol. The third-order valence-corrected chi connectivity index (χ3v) is 2.60. The lowest BCUT2D eigenvalue weighted by Gasteiger charge is -2.33. The molecule has 1 aliphatic heterocycles. The number of alkyl halides is 3. The summed E-state index contributed by atoms with van der Waals surface area (Å²) < 4.78 is 37.2. The lowest BCUT2D eigenvalue weighted by atomic mass is 9.97. The fraction of sp³-hybridized carbons (Fsp3) is 0.889. The molecule has 1 amide bonds. The van der Waals surface area contributed by atoms with Crippen LogP contribution in [0.15, 0.2) is 0 Å². The van der Waals surface area contributed by atoms with Gasteiger partial charge in [0.2, 0.25) is 5.91 Å². The number of hydrogen-bond donors (Lipinski definition) is 1. The molecule has 0 saturated carbocycles. The number of carbonyl (C=O) groups is 1. The summed E-state index contributed by atoms with van der Waals surface area (Å²) in [5.74, 6) is -1.64. The van der Waals surface area contributed by atoms with E-state index in [1.54, 1.807) is 0 Å². The van der Waals surface area contributed by atoms with E-state index in [4.69, 9.17) is 5.73 Å². The number of rotatable bonds is 2. The smallest absolute Gasteiger partial charge is 0.342 e. The second-order valence-electron chi connectivity index (χ2n) is 3.76. The number of likely N-dealkylation sites (tertiary alicyclic amines) is 1. The van der Waals surface area contributed by atoms with Crippen molar-refractivity contribution in [2.45, 2.75) is 25.4 Å². The summed E-state index contributed by atoms with van der Waals surface area (Å²) in [6, 6.07) is 0. The number of piperidine rings is 1. The molecule has 0 radical (unpaired) electrons. The van der Waals surface area contributed by atoms with Gasteiger partial charge in [0.25, 0.3) is 0 Å². The average Bonchev–Trinajstić information content (AvgIpc) is 2.17. The highest BCUT2D eigenvalue weighted by atomic mass is 35.5. The fourth-order valence-electron chi connectivity index (χ4n) is 1.75. The minimum absolute atomic E-state index is 0. The predicted octanol–water partition coefficient (Wildman–Crippen LogP) is 1.56. The highest BCUT2D eigenvalue weighted by molar-refractivity contribution is 5.85. The van der Waals surface area contributed by atoms with E-state index in [-0.39, 0.29) is 44.2 Å². The minimum atomic E-state index is -4.19. The fourth-order valence-corrected chi connectivity index (χ4v) is 1.75. The van der Waals surface area contributed by atoms with E-state index in [0.717, 1.165) is 0 Å². The van der Waals surface area contributed by atoms with E-state index in [9.17, 15) is 18.0 Å². The van der Waals surface area contributed by atoms with Crippen LogP contribution in [0.2, 0.25) is 0 Å². The first-order valence-electron chi connectivity index (χ1n) is 4.99. The summed E-state index contributed by atoms with van der Waals surface area (Å²) in [5, 5.41) is 0. The SMILES string of the molecule is Cl.NCCC(=O)N1CCCC(C(F)(F)F)C1. The van der Waals surface area contributed by atoms with Gasteiger partial charge in [-0.25, -0.2) is 0 Å². The van der Waals surface area contributed by atoms with Crippen LogP contribution in [0.5, 0.6) is 0 Å². The maximum Gasteiger partial charge on any atom is 0.393 e. The Morgan fingerprint density at radius 1 is 1.44 bits per heavy atom. The van der Waals surface area contributed by atoms with Gasteiger partial charge in [-0.1, -0.05) is 0 Å². The highest BCUT2D eigenvalue weighted by Crippen LogP contribution is 2.33. The van der Waals surface area contributed by atoms with Crippen molar-refractivity contribution < 1.29 is 18.0 Å². The van der Waals surface area contributed by atoms with Crippen molar-refractivity contribution in [3.05, 3.63) is 0 Å². The van der Waals surface area contributed by atoms with Crippen LogP contribution in [0.3, 0.4) is 0 Å². The van der Waals surface area contributed by atoms with Crippen molar-refractivity contribution >= 4 is 18.3 Å². The molecule has 1 unspecified atom stereocenters. The van der Waals surface area contributed by atoms with E-state index < -0.39 is 12.1 Å². The van der Waals surface area contributed by atoms with Crippen LogP contribution in [-0.4, -0.2) is 36.6 Å². The summed E-state index contributed by atoms with van der Waals surface area (Å²) >= 11 is 0. The van der Waals surface area contributed by atoms with E-state index >= 15 is 0 Å². The van der Waals surface area contributed by atoms with Crippen LogP contribution in [0.4, 0.5) is 13.2 Å². The number of halogens is 4. The Balaban J connectivity index is 0.00000225. The van der Waals surface area contributed by atoms with Gasteiger partial charge in [0.05, 0.1) is 5.92 Å². The van der Waals surface area contributed by atoms with Crippen LogP contribution < -0.4 is 5.73 Å². The van der Waals surface area contributed by atoms with Crippen LogP contribution in [-0.2, 0) is 4.79 Å². The van der Waals surface area contributed by atoms with Gasteiger partial charge in [0, 0.05) is 26.1 Å². The highest BCUT2D eigenvalue weighted by Gasteiger charge is 2.42. The summed E-state index contributed by atoms with van der Waals surface area (Å²) in [5.41, 5.74) is 5.19. The first-order chi connectivity index (χ1) is 6.95. The van der Waals surface area contributed by atoms with Gasteiger partial charge < -0.3 is 10.6 Å². The lowest BCUT2D eigenvalue weighted by Crippen LogP contribution is -2.45. The summed E-state index contributed by atoms with van der Waals surface area (Å²) in [4.78, 5) is 12.6. The Bertz CT molecular complexity index is 235. The van der Waals surface area contributed by atoms with Crippen molar-refractivity contribution in [1.82, 2.24) is 4.90 Å². The van der Waals surface area contributed by atoms with Gasteiger partial charge in [-0.3, -0.25) is 4.79 Å². The molecule has 16 heavy (non-hydrogen) atoms. The van der Waals surface area contributed by atoms with Crippen molar-refractivity contribution in [2.75, 3.05) is 19.6 Å². The molecule has 1 heterocycles. The molecular weight excluding hydrogens is 245 g/mol. The second kappa shape index (κ2) is 6.30. The first kappa shape index (κ1) is 15.5. The minimum Gasteiger partial charge on any atom is -0.342 e. The summed E-state index contributed by atoms with van der Waals surface area (Å²) in [7, 11) is 0. The van der Waals surface area contributed by atoms with Crippen molar-refractivity contribution in [1.29, 1.82) is 0 Å². The largest absolute Gasteiger partial charge is 0.393 e. The van der Waals surface area contributed by atoms with Gasteiger partial charge in [-0.15, -0.1) is 12.4 Å². The van der Waals surface area contributed by atoms with Crippen molar-refractivity contribution in [3.63, 3.8) is 0 Å². The van der Waals surface area contributed by atoms with Crippen LogP contribution in [0, 0.1) is 5.92 Å². The van der Waals surface area contributed by atoms with Crippen LogP contribution in [0.25, 0.3) is 0 Å². The zero-order valence-corrected chi connectivity index (χ0v) is 9.61. The van der Waals surface area contributed by atoms with Crippen LogP contribution >= 0.6 is 12.4 Å². The summed E-state index contributed by atoms with van der Waals surface area (Å²) in [6.07, 6.45) is -3.53. The topological polar surface area (TPSA) is 46.3 Å². The molecule has 0 bridgehead atoms. The van der Waals surface area contributed by atoms with Gasteiger partial charge in [-0.05, 0) is 12.8 Å². The normalized spacial score (nSPS) is 21.5. The van der Waals surface area contributed by atoms with Crippen molar-refractivity contribution in [3.8, 4) is 0 Å². The summed E-state index contributed by atoms with van der Waals surface area (Å²) in [6.45, 7) is 0.403.